The van der Waals surface area contributed by atoms with Gasteiger partial charge in [-0.3, -0.25) is 14.5 Å². The van der Waals surface area contributed by atoms with Crippen molar-refractivity contribution in [2.45, 2.75) is 45.9 Å². The van der Waals surface area contributed by atoms with Gasteiger partial charge in [0.2, 0.25) is 0 Å². The Morgan fingerprint density at radius 3 is 2.57 bits per heavy atom. The molecule has 0 atom stereocenters. The Labute approximate surface area is 171 Å². The largest absolute Gasteiger partial charge is 0.295 e. The van der Waals surface area contributed by atoms with Crippen LogP contribution in [0.4, 0.5) is 0 Å². The molecule has 0 amide bonds. The molecule has 1 aromatic carbocycles. The number of hydrogen-bond acceptors (Lipinski definition) is 4. The summed E-state index contributed by atoms with van der Waals surface area (Å²) >= 11 is 5.87. The summed E-state index contributed by atoms with van der Waals surface area (Å²) in [6, 6.07) is 15.1. The predicted molar refractivity (Wildman–Crippen MR) is 114 cm³/mol. The molecule has 4 rings (SSSR count). The Kier molecular flexibility index (Phi) is 5.69. The first-order chi connectivity index (χ1) is 13.6. The van der Waals surface area contributed by atoms with Gasteiger partial charge in [0.05, 0.1) is 13.2 Å². The summed E-state index contributed by atoms with van der Waals surface area (Å²) in [5.41, 5.74) is 2.20. The zero-order valence-electron chi connectivity index (χ0n) is 16.5. The van der Waals surface area contributed by atoms with Gasteiger partial charge in [-0.05, 0) is 48.7 Å². The molecule has 3 aromatic rings. The minimum atomic E-state index is 0.624. The van der Waals surface area contributed by atoms with E-state index >= 15 is 0 Å². The zero-order valence-corrected chi connectivity index (χ0v) is 17.3. The van der Waals surface area contributed by atoms with Crippen LogP contribution in [0.25, 0.3) is 11.4 Å². The van der Waals surface area contributed by atoms with Gasteiger partial charge < -0.3 is 0 Å². The first-order valence-electron chi connectivity index (χ1n) is 9.98. The molecule has 28 heavy (non-hydrogen) atoms. The summed E-state index contributed by atoms with van der Waals surface area (Å²) in [5, 5.41) is 4.93. The Morgan fingerprint density at radius 1 is 1.14 bits per heavy atom. The molecule has 1 aliphatic carbocycles. The molecule has 1 aliphatic rings. The molecule has 0 aliphatic heterocycles. The summed E-state index contributed by atoms with van der Waals surface area (Å²) in [6.07, 6.45) is 6.20. The van der Waals surface area contributed by atoms with E-state index in [2.05, 4.69) is 52.6 Å². The molecule has 6 heteroatoms. The Balaban J connectivity index is 1.70. The predicted octanol–water partition coefficient (Wildman–Crippen LogP) is 4.60. The van der Waals surface area contributed by atoms with Crippen LogP contribution in [0.5, 0.6) is 0 Å². The van der Waals surface area contributed by atoms with Gasteiger partial charge in [-0.1, -0.05) is 44.2 Å². The standard InChI is InChI=1S/C22H27N5S/c1-17(2)14-25(20-10-11-20)16-27-22(28)26(15-18-7-4-3-5-8-18)21(24-27)19-9-6-12-23-13-19/h3-9,12-13,17,20H,10-11,14-16H2,1-2H3. The van der Waals surface area contributed by atoms with Crippen molar-refractivity contribution in [1.29, 1.82) is 0 Å². The molecule has 0 radical (unpaired) electrons. The van der Waals surface area contributed by atoms with Crippen LogP contribution in [0.1, 0.15) is 32.3 Å². The lowest BCUT2D eigenvalue weighted by Gasteiger charge is -2.23. The van der Waals surface area contributed by atoms with Crippen molar-refractivity contribution in [3.05, 3.63) is 65.2 Å². The minimum absolute atomic E-state index is 0.624. The molecular weight excluding hydrogens is 366 g/mol. The quantitative estimate of drug-likeness (QED) is 0.524. The SMILES string of the molecule is CC(C)CN(Cn1nc(-c2cccnc2)n(Cc2ccccc2)c1=S)C1CC1. The van der Waals surface area contributed by atoms with Crippen molar-refractivity contribution in [2.75, 3.05) is 6.54 Å². The molecular formula is C22H27N5S. The number of nitrogens with zero attached hydrogens (tertiary/aromatic N) is 5. The number of aromatic nitrogens is 4. The van der Waals surface area contributed by atoms with E-state index in [0.29, 0.717) is 18.5 Å². The number of rotatable bonds is 8. The van der Waals surface area contributed by atoms with Gasteiger partial charge in [-0.15, -0.1) is 0 Å². The molecule has 0 bridgehead atoms. The highest BCUT2D eigenvalue weighted by atomic mass is 32.1. The summed E-state index contributed by atoms with van der Waals surface area (Å²) in [7, 11) is 0. The van der Waals surface area contributed by atoms with E-state index in [9.17, 15) is 0 Å². The summed E-state index contributed by atoms with van der Waals surface area (Å²) in [5.74, 6) is 1.50. The van der Waals surface area contributed by atoms with E-state index < -0.39 is 0 Å². The van der Waals surface area contributed by atoms with Gasteiger partial charge in [-0.2, -0.15) is 5.10 Å². The van der Waals surface area contributed by atoms with Crippen LogP contribution >= 0.6 is 12.2 Å². The first kappa shape index (κ1) is 19.0. The topological polar surface area (TPSA) is 38.9 Å². The van der Waals surface area contributed by atoms with Crippen molar-refractivity contribution in [3.63, 3.8) is 0 Å². The molecule has 1 saturated carbocycles. The average Bonchev–Trinajstić information content (AvgIpc) is 3.51. The Hall–Kier alpha value is -2.31. The molecule has 0 spiro atoms. The van der Waals surface area contributed by atoms with Crippen LogP contribution in [-0.2, 0) is 13.2 Å². The highest BCUT2D eigenvalue weighted by Crippen LogP contribution is 2.28. The van der Waals surface area contributed by atoms with Gasteiger partial charge >= 0.3 is 0 Å². The first-order valence-corrected chi connectivity index (χ1v) is 10.4. The molecule has 2 heterocycles. The monoisotopic (exact) mass is 393 g/mol. The van der Waals surface area contributed by atoms with Crippen molar-refractivity contribution in [3.8, 4) is 11.4 Å². The van der Waals surface area contributed by atoms with E-state index in [1.165, 1.54) is 18.4 Å². The molecule has 1 fully saturated rings. The lowest BCUT2D eigenvalue weighted by molar-refractivity contribution is 0.174. The van der Waals surface area contributed by atoms with Gasteiger partial charge in [-0.25, -0.2) is 4.68 Å². The molecule has 0 saturated heterocycles. The number of pyridine rings is 1. The molecule has 0 N–H and O–H groups in total. The van der Waals surface area contributed by atoms with Crippen molar-refractivity contribution >= 4 is 12.2 Å². The minimum Gasteiger partial charge on any atom is -0.295 e. The second-order valence-corrected chi connectivity index (χ2v) is 8.32. The van der Waals surface area contributed by atoms with Crippen LogP contribution in [0.2, 0.25) is 0 Å². The van der Waals surface area contributed by atoms with Crippen molar-refractivity contribution in [2.24, 2.45) is 5.92 Å². The average molecular weight is 394 g/mol. The fourth-order valence-electron chi connectivity index (χ4n) is 3.55. The Bertz CT molecular complexity index is 958. The van der Waals surface area contributed by atoms with Crippen molar-refractivity contribution in [1.82, 2.24) is 24.2 Å². The van der Waals surface area contributed by atoms with Crippen LogP contribution in [0, 0.1) is 10.7 Å². The Morgan fingerprint density at radius 2 is 1.93 bits per heavy atom. The normalized spacial score (nSPS) is 14.1. The summed E-state index contributed by atoms with van der Waals surface area (Å²) in [4.78, 5) is 6.80. The van der Waals surface area contributed by atoms with E-state index in [-0.39, 0.29) is 0 Å². The molecule has 146 valence electrons. The van der Waals surface area contributed by atoms with Gasteiger partial charge in [0.25, 0.3) is 0 Å². The maximum atomic E-state index is 5.87. The highest BCUT2D eigenvalue weighted by Gasteiger charge is 2.30. The van der Waals surface area contributed by atoms with E-state index in [4.69, 9.17) is 17.3 Å². The van der Waals surface area contributed by atoms with E-state index in [1.54, 1.807) is 6.20 Å². The third-order valence-corrected chi connectivity index (χ3v) is 5.44. The number of hydrogen-bond donors (Lipinski definition) is 0. The molecule has 5 nitrogen and oxygen atoms in total. The smallest absolute Gasteiger partial charge is 0.199 e. The van der Waals surface area contributed by atoms with E-state index in [1.807, 2.05) is 29.1 Å². The third-order valence-electron chi connectivity index (χ3n) is 5.00. The second-order valence-electron chi connectivity index (χ2n) is 7.96. The lowest BCUT2D eigenvalue weighted by Crippen LogP contribution is -2.32. The highest BCUT2D eigenvalue weighted by molar-refractivity contribution is 7.71. The molecule has 2 aromatic heterocycles. The third kappa shape index (κ3) is 4.39. The van der Waals surface area contributed by atoms with Crippen LogP contribution in [0.3, 0.4) is 0 Å². The lowest BCUT2D eigenvalue weighted by atomic mass is 10.2. The zero-order chi connectivity index (χ0) is 19.5. The molecule has 0 unspecified atom stereocenters. The van der Waals surface area contributed by atoms with Crippen LogP contribution in [-0.4, -0.2) is 36.8 Å². The van der Waals surface area contributed by atoms with E-state index in [0.717, 1.165) is 29.4 Å². The van der Waals surface area contributed by atoms with Crippen LogP contribution < -0.4 is 0 Å². The summed E-state index contributed by atoms with van der Waals surface area (Å²) in [6.45, 7) is 7.06. The van der Waals surface area contributed by atoms with Gasteiger partial charge in [0, 0.05) is 30.5 Å². The fraction of sp³-hybridized carbons (Fsp3) is 0.409. The number of benzene rings is 1. The maximum absolute atomic E-state index is 5.87. The second kappa shape index (κ2) is 8.37. The van der Waals surface area contributed by atoms with Crippen molar-refractivity contribution < 1.29 is 0 Å². The van der Waals surface area contributed by atoms with Crippen LogP contribution in [0.15, 0.2) is 54.9 Å². The van der Waals surface area contributed by atoms with Gasteiger partial charge in [0.15, 0.2) is 10.6 Å². The maximum Gasteiger partial charge on any atom is 0.199 e. The summed E-state index contributed by atoms with van der Waals surface area (Å²) < 4.78 is 4.88. The van der Waals surface area contributed by atoms with Gasteiger partial charge in [0.1, 0.15) is 0 Å². The fourth-order valence-corrected chi connectivity index (χ4v) is 3.80.